The number of carbonyl (C=O) groups is 2. The molecule has 0 saturated carbocycles. The largest absolute Gasteiger partial charge is 0.354 e. The van der Waals surface area contributed by atoms with Crippen LogP contribution in [0.5, 0.6) is 0 Å². The van der Waals surface area contributed by atoms with E-state index in [1.807, 2.05) is 20.8 Å². The van der Waals surface area contributed by atoms with E-state index in [1.165, 1.54) is 0 Å². The average Bonchev–Trinajstić information content (AvgIpc) is 2.42. The number of carbonyl (C=O) groups excluding carboxylic acids is 2. The van der Waals surface area contributed by atoms with E-state index in [-0.39, 0.29) is 17.2 Å². The van der Waals surface area contributed by atoms with Crippen LogP contribution >= 0.6 is 0 Å². The molecule has 1 aliphatic heterocycles. The molecule has 5 heteroatoms. The second-order valence-electron chi connectivity index (χ2n) is 5.69. The predicted octanol–water partition coefficient (Wildman–Crippen LogP) is 0.145. The summed E-state index contributed by atoms with van der Waals surface area (Å²) >= 11 is 0. The van der Waals surface area contributed by atoms with Crippen molar-refractivity contribution in [1.82, 2.24) is 10.6 Å². The Hall–Kier alpha value is -1.10. The van der Waals surface area contributed by atoms with Gasteiger partial charge in [0.05, 0.1) is 6.04 Å². The maximum Gasteiger partial charge on any atom is 0.242 e. The van der Waals surface area contributed by atoms with Gasteiger partial charge in [-0.05, 0) is 24.7 Å². The Morgan fingerprint density at radius 2 is 2.12 bits per heavy atom. The number of nitrogens with one attached hydrogen (secondary N) is 2. The molecule has 0 spiro atoms. The van der Waals surface area contributed by atoms with E-state index in [4.69, 9.17) is 5.73 Å². The van der Waals surface area contributed by atoms with Gasteiger partial charge in [0.1, 0.15) is 6.04 Å². The maximum absolute atomic E-state index is 11.9. The number of hydrogen-bond acceptors (Lipinski definition) is 3. The lowest BCUT2D eigenvalue weighted by Crippen LogP contribution is -2.54. The summed E-state index contributed by atoms with van der Waals surface area (Å²) in [4.78, 5) is 23.6. The highest BCUT2D eigenvalue weighted by Crippen LogP contribution is 2.17. The fourth-order valence-corrected chi connectivity index (χ4v) is 1.73. The van der Waals surface area contributed by atoms with Gasteiger partial charge in [0.25, 0.3) is 0 Å². The third-order valence-corrected chi connectivity index (χ3v) is 3.07. The lowest BCUT2D eigenvalue weighted by Gasteiger charge is -2.27. The summed E-state index contributed by atoms with van der Waals surface area (Å²) in [5.41, 5.74) is 5.55. The molecule has 17 heavy (non-hydrogen) atoms. The molecule has 4 N–H and O–H groups in total. The second kappa shape index (κ2) is 5.49. The summed E-state index contributed by atoms with van der Waals surface area (Å²) in [6.07, 6.45) is 2.59. The van der Waals surface area contributed by atoms with Gasteiger partial charge in [-0.3, -0.25) is 9.59 Å². The van der Waals surface area contributed by atoms with Gasteiger partial charge >= 0.3 is 0 Å². The Morgan fingerprint density at radius 3 is 2.71 bits per heavy atom. The van der Waals surface area contributed by atoms with Crippen molar-refractivity contribution in [3.8, 4) is 0 Å². The fourth-order valence-electron chi connectivity index (χ4n) is 1.73. The van der Waals surface area contributed by atoms with Crippen LogP contribution in [0.15, 0.2) is 0 Å². The van der Waals surface area contributed by atoms with E-state index in [1.54, 1.807) is 0 Å². The molecule has 5 nitrogen and oxygen atoms in total. The summed E-state index contributed by atoms with van der Waals surface area (Å²) in [6, 6.07) is -1.03. The minimum absolute atomic E-state index is 0.100. The molecule has 98 valence electrons. The fraction of sp³-hybridized carbons (Fsp3) is 0.833. The third kappa shape index (κ3) is 4.00. The number of hydrogen-bond donors (Lipinski definition) is 3. The van der Waals surface area contributed by atoms with E-state index < -0.39 is 12.1 Å². The molecular weight excluding hydrogens is 218 g/mol. The Labute approximate surface area is 103 Å². The van der Waals surface area contributed by atoms with Crippen LogP contribution in [0.2, 0.25) is 0 Å². The summed E-state index contributed by atoms with van der Waals surface area (Å²) in [6.45, 7) is 6.41. The lowest BCUT2D eigenvalue weighted by atomic mass is 9.86. The molecule has 1 rings (SSSR count). The second-order valence-corrected chi connectivity index (χ2v) is 5.69. The molecule has 0 radical (unpaired) electrons. The van der Waals surface area contributed by atoms with Crippen LogP contribution in [0.25, 0.3) is 0 Å². The van der Waals surface area contributed by atoms with Gasteiger partial charge in [0.15, 0.2) is 0 Å². The monoisotopic (exact) mass is 241 g/mol. The minimum atomic E-state index is -0.599. The Bertz CT molecular complexity index is 297. The predicted molar refractivity (Wildman–Crippen MR) is 66.2 cm³/mol. The van der Waals surface area contributed by atoms with Gasteiger partial charge in [-0.25, -0.2) is 0 Å². The van der Waals surface area contributed by atoms with E-state index in [9.17, 15) is 9.59 Å². The zero-order chi connectivity index (χ0) is 13.1. The quantitative estimate of drug-likeness (QED) is 0.643. The van der Waals surface area contributed by atoms with Crippen molar-refractivity contribution >= 4 is 11.8 Å². The molecule has 2 atom stereocenters. The Morgan fingerprint density at radius 1 is 1.47 bits per heavy atom. The van der Waals surface area contributed by atoms with Crippen LogP contribution in [0, 0.1) is 5.41 Å². The zero-order valence-electron chi connectivity index (χ0n) is 10.9. The molecular formula is C12H23N3O2. The van der Waals surface area contributed by atoms with Gasteiger partial charge in [0.2, 0.25) is 11.8 Å². The van der Waals surface area contributed by atoms with Gasteiger partial charge in [-0.1, -0.05) is 20.8 Å². The average molecular weight is 241 g/mol. The number of nitrogens with two attached hydrogens (primary N) is 1. The molecule has 1 aliphatic rings. The van der Waals surface area contributed by atoms with Crippen LogP contribution < -0.4 is 16.4 Å². The van der Waals surface area contributed by atoms with Gasteiger partial charge < -0.3 is 16.4 Å². The molecule has 0 aromatic heterocycles. The molecule has 0 aromatic rings. The van der Waals surface area contributed by atoms with Crippen LogP contribution in [0.3, 0.4) is 0 Å². The molecule has 2 unspecified atom stereocenters. The molecule has 1 heterocycles. The summed E-state index contributed by atoms with van der Waals surface area (Å²) in [5, 5.41) is 5.52. The molecule has 2 amide bonds. The normalized spacial score (nSPS) is 23.5. The van der Waals surface area contributed by atoms with E-state index in [0.29, 0.717) is 13.0 Å². The van der Waals surface area contributed by atoms with E-state index >= 15 is 0 Å². The highest BCUT2D eigenvalue weighted by Gasteiger charge is 2.30. The summed E-state index contributed by atoms with van der Waals surface area (Å²) < 4.78 is 0. The number of amides is 2. The highest BCUT2D eigenvalue weighted by molar-refractivity contribution is 5.90. The standard InChI is InChI=1S/C12H23N3O2/c1-12(2,3)9(13)11(17)15-8-6-4-5-7-14-10(8)16/h8-9H,4-7,13H2,1-3H3,(H,14,16)(H,15,17). The minimum Gasteiger partial charge on any atom is -0.354 e. The van der Waals surface area contributed by atoms with Gasteiger partial charge in [0, 0.05) is 6.54 Å². The molecule has 1 fully saturated rings. The van der Waals surface area contributed by atoms with Crippen LogP contribution in [0.4, 0.5) is 0 Å². The van der Waals surface area contributed by atoms with Crippen molar-refractivity contribution in [2.24, 2.45) is 11.1 Å². The third-order valence-electron chi connectivity index (χ3n) is 3.07. The van der Waals surface area contributed by atoms with Gasteiger partial charge in [-0.2, -0.15) is 0 Å². The molecule has 0 bridgehead atoms. The van der Waals surface area contributed by atoms with Crippen LogP contribution in [0.1, 0.15) is 40.0 Å². The summed E-state index contributed by atoms with van der Waals surface area (Å²) in [5.74, 6) is -0.350. The first kappa shape index (κ1) is 14.0. The van der Waals surface area contributed by atoms with Gasteiger partial charge in [-0.15, -0.1) is 0 Å². The van der Waals surface area contributed by atoms with Crippen LogP contribution in [-0.2, 0) is 9.59 Å². The number of rotatable bonds is 2. The summed E-state index contributed by atoms with van der Waals surface area (Å²) in [7, 11) is 0. The lowest BCUT2D eigenvalue weighted by molar-refractivity contribution is -0.130. The Kier molecular flexibility index (Phi) is 4.51. The highest BCUT2D eigenvalue weighted by atomic mass is 16.2. The van der Waals surface area contributed by atoms with E-state index in [0.717, 1.165) is 12.8 Å². The first-order chi connectivity index (χ1) is 7.82. The van der Waals surface area contributed by atoms with Crippen LogP contribution in [-0.4, -0.2) is 30.4 Å². The topological polar surface area (TPSA) is 84.2 Å². The zero-order valence-corrected chi connectivity index (χ0v) is 10.9. The van der Waals surface area contributed by atoms with Crippen molar-refractivity contribution in [2.45, 2.75) is 52.1 Å². The van der Waals surface area contributed by atoms with E-state index in [2.05, 4.69) is 10.6 Å². The molecule has 0 aliphatic carbocycles. The molecule has 0 aromatic carbocycles. The van der Waals surface area contributed by atoms with Crippen molar-refractivity contribution in [3.63, 3.8) is 0 Å². The maximum atomic E-state index is 11.9. The van der Waals surface area contributed by atoms with Crippen molar-refractivity contribution < 1.29 is 9.59 Å². The van der Waals surface area contributed by atoms with Crippen molar-refractivity contribution in [3.05, 3.63) is 0 Å². The first-order valence-electron chi connectivity index (χ1n) is 6.16. The Balaban J connectivity index is 2.58. The SMILES string of the molecule is CC(C)(C)C(N)C(=O)NC1CCCCNC1=O. The van der Waals surface area contributed by atoms with Crippen molar-refractivity contribution in [1.29, 1.82) is 0 Å². The molecule has 1 saturated heterocycles. The smallest absolute Gasteiger partial charge is 0.242 e. The first-order valence-corrected chi connectivity index (χ1v) is 6.16. The van der Waals surface area contributed by atoms with Crippen molar-refractivity contribution in [2.75, 3.05) is 6.54 Å².